The lowest BCUT2D eigenvalue weighted by molar-refractivity contribution is 1.24. The van der Waals surface area contributed by atoms with E-state index in [2.05, 4.69) is 69.4 Å². The van der Waals surface area contributed by atoms with E-state index in [1.165, 1.54) is 48.9 Å². The van der Waals surface area contributed by atoms with Crippen LogP contribution in [-0.2, 0) is 12.8 Å². The summed E-state index contributed by atoms with van der Waals surface area (Å²) >= 11 is 8.77. The molecule has 3 aromatic rings. The molecule has 20 heavy (non-hydrogen) atoms. The van der Waals surface area contributed by atoms with E-state index >= 15 is 0 Å². The van der Waals surface area contributed by atoms with Gasteiger partial charge in [-0.2, -0.15) is 0 Å². The van der Waals surface area contributed by atoms with Gasteiger partial charge in [0.15, 0.2) is 0 Å². The molecule has 0 unspecified atom stereocenters. The first-order valence-electron chi connectivity index (χ1n) is 6.42. The number of benzene rings is 1. The number of halogens is 2. The second kappa shape index (κ2) is 4.30. The van der Waals surface area contributed by atoms with Crippen LogP contribution in [0.1, 0.15) is 22.3 Å². The maximum Gasteiger partial charge on any atom is 0.0663 e. The van der Waals surface area contributed by atoms with E-state index < -0.39 is 0 Å². The minimum absolute atomic E-state index is 1.12. The Morgan fingerprint density at radius 1 is 0.650 bits per heavy atom. The van der Waals surface area contributed by atoms with Gasteiger partial charge in [0.05, 0.1) is 5.77 Å². The maximum atomic E-state index is 2.46. The summed E-state index contributed by atoms with van der Waals surface area (Å²) < 4.78 is 2.82. The van der Waals surface area contributed by atoms with Crippen molar-refractivity contribution in [1.82, 2.24) is 0 Å². The summed E-state index contributed by atoms with van der Waals surface area (Å²) in [5.41, 5.74) is 9.10. The van der Waals surface area contributed by atoms with Crippen LogP contribution >= 0.6 is 67.9 Å². The molecule has 0 bridgehead atoms. The summed E-state index contributed by atoms with van der Waals surface area (Å²) in [5.74, 6) is 0. The Balaban J connectivity index is 1.74. The standard InChI is InChI=1S/C16H8I2S2/c17-13-5-9-1-7-3-12-8(4-11(7)15(9)19-13)2-10-6-14(18)20-16(10)12/h3-6H,1-2H2. The van der Waals surface area contributed by atoms with Crippen molar-refractivity contribution in [3.8, 4) is 20.9 Å². The molecular weight excluding hydrogens is 510 g/mol. The molecule has 2 aromatic heterocycles. The summed E-state index contributed by atoms with van der Waals surface area (Å²) in [4.78, 5) is 3.02. The minimum atomic E-state index is 1.12. The Morgan fingerprint density at radius 2 is 1.10 bits per heavy atom. The van der Waals surface area contributed by atoms with Crippen LogP contribution in [0.25, 0.3) is 20.9 Å². The largest absolute Gasteiger partial charge is 0.129 e. The monoisotopic (exact) mass is 518 g/mol. The smallest absolute Gasteiger partial charge is 0.0663 e. The lowest BCUT2D eigenvalue weighted by atomic mass is 10.0. The third-order valence-electron chi connectivity index (χ3n) is 4.14. The number of hydrogen-bond acceptors (Lipinski definition) is 2. The Morgan fingerprint density at radius 3 is 1.55 bits per heavy atom. The lowest BCUT2D eigenvalue weighted by Crippen LogP contribution is -1.86. The van der Waals surface area contributed by atoms with Crippen LogP contribution < -0.4 is 0 Å². The van der Waals surface area contributed by atoms with Crippen LogP contribution in [-0.4, -0.2) is 0 Å². The molecule has 0 fully saturated rings. The van der Waals surface area contributed by atoms with Gasteiger partial charge in [0.2, 0.25) is 0 Å². The van der Waals surface area contributed by atoms with Gasteiger partial charge in [-0.1, -0.05) is 0 Å². The topological polar surface area (TPSA) is 0 Å². The molecule has 4 heteroatoms. The van der Waals surface area contributed by atoms with Gasteiger partial charge < -0.3 is 0 Å². The molecule has 0 saturated carbocycles. The van der Waals surface area contributed by atoms with Crippen molar-refractivity contribution in [3.63, 3.8) is 0 Å². The van der Waals surface area contributed by atoms with Crippen LogP contribution in [0.2, 0.25) is 0 Å². The van der Waals surface area contributed by atoms with Crippen molar-refractivity contribution in [3.05, 3.63) is 52.3 Å². The molecule has 0 radical (unpaired) electrons. The van der Waals surface area contributed by atoms with E-state index in [0.717, 1.165) is 12.8 Å². The van der Waals surface area contributed by atoms with Gasteiger partial charge in [-0.3, -0.25) is 0 Å². The molecule has 0 aliphatic heterocycles. The molecule has 1 aromatic carbocycles. The van der Waals surface area contributed by atoms with Gasteiger partial charge in [-0.15, -0.1) is 22.7 Å². The van der Waals surface area contributed by atoms with E-state index in [0.29, 0.717) is 0 Å². The minimum Gasteiger partial charge on any atom is -0.129 e. The number of thiophene rings is 2. The van der Waals surface area contributed by atoms with Crippen molar-refractivity contribution in [2.45, 2.75) is 12.8 Å². The van der Waals surface area contributed by atoms with Crippen molar-refractivity contribution in [1.29, 1.82) is 0 Å². The Bertz CT molecular complexity index is 812. The zero-order chi connectivity index (χ0) is 13.4. The van der Waals surface area contributed by atoms with E-state index in [4.69, 9.17) is 0 Å². The Hall–Kier alpha value is 0.0800. The van der Waals surface area contributed by atoms with Gasteiger partial charge >= 0.3 is 0 Å². The highest BCUT2D eigenvalue weighted by atomic mass is 127. The molecule has 0 atom stereocenters. The number of hydrogen-bond donors (Lipinski definition) is 0. The van der Waals surface area contributed by atoms with Crippen molar-refractivity contribution >= 4 is 67.9 Å². The van der Waals surface area contributed by atoms with E-state index in [9.17, 15) is 0 Å². The highest BCUT2D eigenvalue weighted by Gasteiger charge is 2.27. The number of rotatable bonds is 0. The quantitative estimate of drug-likeness (QED) is 0.216. The third-order valence-corrected chi connectivity index (χ3v) is 8.08. The molecule has 0 saturated heterocycles. The summed E-state index contributed by atoms with van der Waals surface area (Å²) in [6.45, 7) is 0. The first-order valence-corrected chi connectivity index (χ1v) is 10.2. The third kappa shape index (κ3) is 1.68. The van der Waals surface area contributed by atoms with Gasteiger partial charge in [0.1, 0.15) is 0 Å². The second-order valence-corrected chi connectivity index (χ2v) is 11.2. The zero-order valence-electron chi connectivity index (χ0n) is 10.3. The SMILES string of the molecule is Ic1cc2c(s1)-c1cc3c(cc1C2)-c1sc(I)cc1C3. The Kier molecular flexibility index (Phi) is 2.71. The molecular formula is C16H8I2S2. The van der Waals surface area contributed by atoms with Crippen LogP contribution in [0.15, 0.2) is 24.3 Å². The fourth-order valence-corrected chi connectivity index (χ4v) is 7.31. The average molecular weight is 518 g/mol. The van der Waals surface area contributed by atoms with Crippen LogP contribution in [0.4, 0.5) is 0 Å². The maximum absolute atomic E-state index is 2.46. The molecule has 2 aliphatic rings. The molecule has 0 spiro atoms. The van der Waals surface area contributed by atoms with Gasteiger partial charge in [0.25, 0.3) is 0 Å². The van der Waals surface area contributed by atoms with E-state index in [1.807, 2.05) is 22.7 Å². The zero-order valence-corrected chi connectivity index (χ0v) is 16.2. The number of fused-ring (bicyclic) bond motifs is 6. The van der Waals surface area contributed by atoms with Gasteiger partial charge in [0, 0.05) is 9.75 Å². The molecule has 2 heterocycles. The first kappa shape index (κ1) is 12.6. The summed E-state index contributed by atoms with van der Waals surface area (Å²) in [6.07, 6.45) is 2.24. The van der Waals surface area contributed by atoms with Gasteiger partial charge in [-0.05, 0) is 116 Å². The molecule has 0 N–H and O–H groups in total. The first-order chi connectivity index (χ1) is 9.69. The highest BCUT2D eigenvalue weighted by molar-refractivity contribution is 14.1. The van der Waals surface area contributed by atoms with E-state index in [-0.39, 0.29) is 0 Å². The predicted molar refractivity (Wildman–Crippen MR) is 104 cm³/mol. The summed E-state index contributed by atoms with van der Waals surface area (Å²) in [6, 6.07) is 9.63. The highest BCUT2D eigenvalue weighted by Crippen LogP contribution is 2.49. The fraction of sp³-hybridized carbons (Fsp3) is 0.125. The average Bonchev–Trinajstić information content (AvgIpc) is 3.06. The van der Waals surface area contributed by atoms with Crippen molar-refractivity contribution in [2.75, 3.05) is 0 Å². The molecule has 0 nitrogen and oxygen atoms in total. The van der Waals surface area contributed by atoms with Crippen LogP contribution in [0.5, 0.6) is 0 Å². The van der Waals surface area contributed by atoms with Crippen molar-refractivity contribution < 1.29 is 0 Å². The fourth-order valence-electron chi connectivity index (χ4n) is 3.32. The lowest BCUT2D eigenvalue weighted by Gasteiger charge is -2.05. The molecule has 5 rings (SSSR count). The van der Waals surface area contributed by atoms with Crippen molar-refractivity contribution in [2.24, 2.45) is 0 Å². The predicted octanol–water partition coefficient (Wildman–Crippen LogP) is 6.16. The normalized spacial score (nSPS) is 14.1. The molecule has 0 amide bonds. The molecule has 98 valence electrons. The summed E-state index contributed by atoms with van der Waals surface area (Å²) in [5, 5.41) is 0. The van der Waals surface area contributed by atoms with E-state index in [1.54, 1.807) is 0 Å². The van der Waals surface area contributed by atoms with Crippen LogP contribution in [0, 0.1) is 5.77 Å². The second-order valence-electron chi connectivity index (χ2n) is 5.33. The van der Waals surface area contributed by atoms with Crippen LogP contribution in [0.3, 0.4) is 0 Å². The molecule has 2 aliphatic carbocycles. The Labute approximate surface area is 152 Å². The summed E-state index contributed by atoms with van der Waals surface area (Å²) in [7, 11) is 0. The van der Waals surface area contributed by atoms with Gasteiger partial charge in [-0.25, -0.2) is 0 Å².